The van der Waals surface area contributed by atoms with Gasteiger partial charge in [-0.05, 0) is 19.1 Å². The fourth-order valence-corrected chi connectivity index (χ4v) is 0.827. The molecule has 1 aromatic carbocycles. The van der Waals surface area contributed by atoms with Crippen molar-refractivity contribution < 1.29 is 9.63 Å². The van der Waals surface area contributed by atoms with Crippen LogP contribution in [0.3, 0.4) is 0 Å². The van der Waals surface area contributed by atoms with Crippen molar-refractivity contribution in [3.8, 4) is 0 Å². The molecular formula is C9H12N2O2. The zero-order valence-corrected chi connectivity index (χ0v) is 7.36. The van der Waals surface area contributed by atoms with Gasteiger partial charge in [0.05, 0.1) is 0 Å². The number of nitrogens with two attached hydrogens (primary N) is 1. The lowest BCUT2D eigenvalue weighted by molar-refractivity contribution is -0.126. The molecule has 0 aromatic heterocycles. The minimum Gasteiger partial charge on any atom is -0.324 e. The molecule has 1 unspecified atom stereocenters. The summed E-state index contributed by atoms with van der Waals surface area (Å²) in [6.07, 6.45) is -0.639. The van der Waals surface area contributed by atoms with Crippen LogP contribution in [-0.2, 0) is 9.63 Å². The molecule has 0 aliphatic rings. The maximum atomic E-state index is 11.2. The zero-order chi connectivity index (χ0) is 9.68. The zero-order valence-electron chi connectivity index (χ0n) is 7.36. The summed E-state index contributed by atoms with van der Waals surface area (Å²) in [4.78, 5) is 15.6. The Morgan fingerprint density at radius 3 is 2.62 bits per heavy atom. The van der Waals surface area contributed by atoms with E-state index in [2.05, 4.69) is 10.2 Å². The third-order valence-corrected chi connectivity index (χ3v) is 1.61. The van der Waals surface area contributed by atoms with Gasteiger partial charge in [-0.1, -0.05) is 18.2 Å². The van der Waals surface area contributed by atoms with Crippen LogP contribution in [0.15, 0.2) is 30.3 Å². The van der Waals surface area contributed by atoms with Crippen LogP contribution in [-0.4, -0.2) is 12.0 Å². The van der Waals surface area contributed by atoms with Gasteiger partial charge in [-0.2, -0.15) is 0 Å². The van der Waals surface area contributed by atoms with Gasteiger partial charge >= 0.3 is 0 Å². The van der Waals surface area contributed by atoms with Gasteiger partial charge in [-0.15, -0.1) is 0 Å². The normalized spacial score (nSPS) is 12.2. The van der Waals surface area contributed by atoms with E-state index >= 15 is 0 Å². The summed E-state index contributed by atoms with van der Waals surface area (Å²) in [5.74, 6) is 4.61. The quantitative estimate of drug-likeness (QED) is 0.679. The van der Waals surface area contributed by atoms with Gasteiger partial charge in [0.1, 0.15) is 0 Å². The first-order chi connectivity index (χ1) is 6.24. The van der Waals surface area contributed by atoms with Gasteiger partial charge in [0.2, 0.25) is 0 Å². The molecule has 1 atom stereocenters. The SMILES string of the molecule is CC(ON)C(=O)Nc1ccccc1. The molecule has 1 aromatic rings. The number of carbonyl (C=O) groups is 1. The Bertz CT molecular complexity index is 274. The molecule has 0 saturated carbocycles. The van der Waals surface area contributed by atoms with E-state index in [1.807, 2.05) is 18.2 Å². The number of carbonyl (C=O) groups excluding carboxylic acids is 1. The lowest BCUT2D eigenvalue weighted by Gasteiger charge is -2.08. The summed E-state index contributed by atoms with van der Waals surface area (Å²) in [7, 11) is 0. The van der Waals surface area contributed by atoms with E-state index in [9.17, 15) is 4.79 Å². The maximum Gasteiger partial charge on any atom is 0.255 e. The average molecular weight is 180 g/mol. The van der Waals surface area contributed by atoms with Crippen LogP contribution in [0.4, 0.5) is 5.69 Å². The van der Waals surface area contributed by atoms with Crippen molar-refractivity contribution >= 4 is 11.6 Å². The molecule has 3 N–H and O–H groups in total. The van der Waals surface area contributed by atoms with E-state index in [1.54, 1.807) is 19.1 Å². The smallest absolute Gasteiger partial charge is 0.255 e. The van der Waals surface area contributed by atoms with E-state index in [1.165, 1.54) is 0 Å². The van der Waals surface area contributed by atoms with E-state index in [0.717, 1.165) is 5.69 Å². The number of para-hydroxylation sites is 1. The molecule has 0 fully saturated rings. The third kappa shape index (κ3) is 2.85. The highest BCUT2D eigenvalue weighted by Gasteiger charge is 2.11. The molecule has 0 bridgehead atoms. The number of rotatable bonds is 3. The summed E-state index contributed by atoms with van der Waals surface area (Å²) in [6.45, 7) is 1.58. The molecule has 0 saturated heterocycles. The van der Waals surface area contributed by atoms with Gasteiger partial charge < -0.3 is 5.32 Å². The lowest BCUT2D eigenvalue weighted by atomic mass is 10.3. The van der Waals surface area contributed by atoms with Gasteiger partial charge in [0, 0.05) is 5.69 Å². The van der Waals surface area contributed by atoms with Crippen molar-refractivity contribution in [2.45, 2.75) is 13.0 Å². The first kappa shape index (κ1) is 9.70. The first-order valence-electron chi connectivity index (χ1n) is 3.95. The van der Waals surface area contributed by atoms with E-state index in [4.69, 9.17) is 5.90 Å². The number of hydrogen-bond donors (Lipinski definition) is 2. The molecule has 1 amide bonds. The Kier molecular flexibility index (Phi) is 3.42. The minimum atomic E-state index is -0.639. The largest absolute Gasteiger partial charge is 0.324 e. The fourth-order valence-electron chi connectivity index (χ4n) is 0.827. The fraction of sp³-hybridized carbons (Fsp3) is 0.222. The summed E-state index contributed by atoms with van der Waals surface area (Å²) in [5, 5.41) is 2.65. The topological polar surface area (TPSA) is 64.3 Å². The van der Waals surface area contributed by atoms with Crippen molar-refractivity contribution in [3.05, 3.63) is 30.3 Å². The highest BCUT2D eigenvalue weighted by molar-refractivity contribution is 5.93. The van der Waals surface area contributed by atoms with Crippen LogP contribution < -0.4 is 11.2 Å². The van der Waals surface area contributed by atoms with Crippen LogP contribution in [0.1, 0.15) is 6.92 Å². The Labute approximate surface area is 76.6 Å². The molecule has 0 spiro atoms. The molecular weight excluding hydrogens is 168 g/mol. The molecule has 13 heavy (non-hydrogen) atoms. The van der Waals surface area contributed by atoms with Crippen molar-refractivity contribution in [1.29, 1.82) is 0 Å². The van der Waals surface area contributed by atoms with Gasteiger partial charge in [-0.3, -0.25) is 9.63 Å². The van der Waals surface area contributed by atoms with Crippen molar-refractivity contribution in [3.63, 3.8) is 0 Å². The molecule has 70 valence electrons. The monoisotopic (exact) mass is 180 g/mol. The molecule has 0 radical (unpaired) electrons. The summed E-state index contributed by atoms with van der Waals surface area (Å²) >= 11 is 0. The highest BCUT2D eigenvalue weighted by Crippen LogP contribution is 2.05. The van der Waals surface area contributed by atoms with E-state index in [-0.39, 0.29) is 5.91 Å². The average Bonchev–Trinajstić information content (AvgIpc) is 2.18. The van der Waals surface area contributed by atoms with Crippen LogP contribution in [0.25, 0.3) is 0 Å². The number of amides is 1. The number of nitrogens with one attached hydrogen (secondary N) is 1. The van der Waals surface area contributed by atoms with E-state index in [0.29, 0.717) is 0 Å². The molecule has 1 rings (SSSR count). The van der Waals surface area contributed by atoms with Gasteiger partial charge in [-0.25, -0.2) is 5.90 Å². The predicted octanol–water partition coefficient (Wildman–Crippen LogP) is 0.904. The summed E-state index contributed by atoms with van der Waals surface area (Å²) in [6, 6.07) is 9.13. The van der Waals surface area contributed by atoms with Crippen molar-refractivity contribution in [2.75, 3.05) is 5.32 Å². The maximum absolute atomic E-state index is 11.2. The standard InChI is InChI=1S/C9H12N2O2/c1-7(13-10)9(12)11-8-5-3-2-4-6-8/h2-7H,10H2,1H3,(H,11,12). The summed E-state index contributed by atoms with van der Waals surface area (Å²) in [5.41, 5.74) is 0.733. The van der Waals surface area contributed by atoms with E-state index < -0.39 is 6.10 Å². The Balaban J connectivity index is 2.55. The van der Waals surface area contributed by atoms with Crippen LogP contribution in [0, 0.1) is 0 Å². The second-order valence-electron chi connectivity index (χ2n) is 2.63. The Morgan fingerprint density at radius 1 is 1.46 bits per heavy atom. The highest BCUT2D eigenvalue weighted by atomic mass is 16.6. The van der Waals surface area contributed by atoms with Crippen molar-refractivity contribution in [1.82, 2.24) is 0 Å². The Hall–Kier alpha value is -1.39. The third-order valence-electron chi connectivity index (χ3n) is 1.61. The summed E-state index contributed by atoms with van der Waals surface area (Å²) < 4.78 is 0. The van der Waals surface area contributed by atoms with Gasteiger partial charge in [0.25, 0.3) is 5.91 Å². The number of anilines is 1. The molecule has 0 aliphatic carbocycles. The number of hydrogen-bond acceptors (Lipinski definition) is 3. The Morgan fingerprint density at radius 2 is 2.08 bits per heavy atom. The van der Waals surface area contributed by atoms with Crippen molar-refractivity contribution in [2.24, 2.45) is 5.90 Å². The van der Waals surface area contributed by atoms with Crippen LogP contribution >= 0.6 is 0 Å². The minimum absolute atomic E-state index is 0.256. The van der Waals surface area contributed by atoms with Crippen LogP contribution in [0.2, 0.25) is 0 Å². The van der Waals surface area contributed by atoms with Gasteiger partial charge in [0.15, 0.2) is 6.10 Å². The molecule has 4 heteroatoms. The predicted molar refractivity (Wildman–Crippen MR) is 49.8 cm³/mol. The second-order valence-corrected chi connectivity index (χ2v) is 2.63. The molecule has 0 aliphatic heterocycles. The second kappa shape index (κ2) is 4.59. The first-order valence-corrected chi connectivity index (χ1v) is 3.95. The molecule has 0 heterocycles. The number of benzene rings is 1. The molecule has 4 nitrogen and oxygen atoms in total. The van der Waals surface area contributed by atoms with Crippen LogP contribution in [0.5, 0.6) is 0 Å². The lowest BCUT2D eigenvalue weighted by Crippen LogP contribution is -2.29.